The van der Waals surface area contributed by atoms with Crippen molar-refractivity contribution in [3.05, 3.63) is 508 Å². The van der Waals surface area contributed by atoms with Crippen LogP contribution in [-0.2, 0) is 0 Å². The van der Waals surface area contributed by atoms with Crippen LogP contribution in [0.2, 0.25) is 0 Å². The molecule has 6 heterocycles. The lowest BCUT2D eigenvalue weighted by atomic mass is 10.0. The maximum absolute atomic E-state index is 2.42. The van der Waals surface area contributed by atoms with Crippen LogP contribution >= 0.6 is 0 Å². The van der Waals surface area contributed by atoms with Crippen LogP contribution in [0.5, 0.6) is 0 Å². The van der Waals surface area contributed by atoms with E-state index in [-0.39, 0.29) is 0 Å². The van der Waals surface area contributed by atoms with Crippen LogP contribution < -0.4 is 0 Å². The highest BCUT2D eigenvalue weighted by Crippen LogP contribution is 2.45. The van der Waals surface area contributed by atoms with E-state index in [9.17, 15) is 0 Å². The molecule has 0 N–H and O–H groups in total. The zero-order valence-electron chi connectivity index (χ0n) is 74.9. The van der Waals surface area contributed by atoms with Crippen LogP contribution in [0.1, 0.15) is 16.7 Å². The van der Waals surface area contributed by atoms with E-state index < -0.39 is 0 Å². The Morgan fingerprint density at radius 2 is 0.304 bits per heavy atom. The van der Waals surface area contributed by atoms with E-state index in [4.69, 9.17) is 0 Å². The maximum atomic E-state index is 2.42. The molecule has 135 heavy (non-hydrogen) atoms. The van der Waals surface area contributed by atoms with Crippen LogP contribution in [0.3, 0.4) is 0 Å². The predicted octanol–water partition coefficient (Wildman–Crippen LogP) is 34.6. The summed E-state index contributed by atoms with van der Waals surface area (Å²) in [5.74, 6) is 0. The fourth-order valence-electron chi connectivity index (χ4n) is 21.1. The minimum absolute atomic E-state index is 1.17. The third kappa shape index (κ3) is 14.0. The number of aromatic nitrogens is 6. The molecular weight excluding hydrogens is 1630 g/mol. The first-order chi connectivity index (χ1) is 66.7. The van der Waals surface area contributed by atoms with Gasteiger partial charge in [0.25, 0.3) is 0 Å². The number of para-hydroxylation sites is 6. The number of benzene rings is 21. The average molecular weight is 1720 g/mol. The standard InChI is InChI=1S/3C43H30N2/c1-29-19-22-41-37(25-29)39-28-33(21-24-43(39)45(41)35-16-10-13-31(26-35)30-11-4-2-5-12-30)32-20-23-42-38(27-32)36-17-8-9-18-40(36)44(42)34-14-6-3-7-15-34;1-29-19-22-37-39-28-33(21-24-42(39)45(43(37)25-29)35-16-10-13-31(26-35)30-11-4-2-5-12-30)32-20-23-41-38(27-32)36-17-8-9-18-40(36)44(41)34-14-6-3-7-15-34;1-29-18-22-34(23-19-29)44-40-16-7-5-14-36(40)38-27-32(20-24-42(38)44)33-21-25-43-39(28-33)37-15-6-8-17-41(37)45(43)35-13-9-12-31(26-35)30-10-3-2-4-11-30/h3*2-28H,1H3. The van der Waals surface area contributed by atoms with Gasteiger partial charge in [-0.15, -0.1) is 0 Å². The largest absolute Gasteiger partial charge is 0.309 e. The highest BCUT2D eigenvalue weighted by atomic mass is 15.0. The third-order valence-corrected chi connectivity index (χ3v) is 27.5. The van der Waals surface area contributed by atoms with Gasteiger partial charge in [-0.05, 0) is 281 Å². The number of hydrogen-bond donors (Lipinski definition) is 0. The Labute approximate surface area is 782 Å². The lowest BCUT2D eigenvalue weighted by molar-refractivity contribution is 1.17. The topological polar surface area (TPSA) is 29.6 Å². The number of rotatable bonds is 12. The van der Waals surface area contributed by atoms with E-state index in [0.717, 1.165) is 0 Å². The number of fused-ring (bicyclic) bond motifs is 18. The SMILES string of the molecule is Cc1ccc(-n2c3ccccc3c3cc(-c4ccc5c(c4)c4ccccc4n5-c4cccc(-c5ccccc5)c4)ccc32)cc1.Cc1ccc2c(c1)c1cc(-c3ccc4c(c3)c3ccccc3n4-c3ccccc3)ccc1n2-c1cccc(-c2ccccc2)c1.Cc1ccc2c3cc(-c4ccc5c(c4)c4ccccc4n5-c4ccccc4)ccc3n(-c3cccc(-c4ccccc4)c3)c2c1. The summed E-state index contributed by atoms with van der Waals surface area (Å²) in [6.45, 7) is 6.49. The first kappa shape index (κ1) is 79.6. The summed E-state index contributed by atoms with van der Waals surface area (Å²) in [7, 11) is 0. The summed E-state index contributed by atoms with van der Waals surface area (Å²) in [4.78, 5) is 0. The zero-order chi connectivity index (χ0) is 89.7. The van der Waals surface area contributed by atoms with Gasteiger partial charge in [0.05, 0.1) is 66.2 Å². The van der Waals surface area contributed by atoms with E-state index in [2.05, 4.69) is 540 Å². The molecular formula is C129H90N6. The zero-order valence-corrected chi connectivity index (χ0v) is 74.9. The van der Waals surface area contributed by atoms with Gasteiger partial charge in [-0.2, -0.15) is 0 Å². The highest BCUT2D eigenvalue weighted by molar-refractivity contribution is 6.17. The molecule has 0 unspecified atom stereocenters. The van der Waals surface area contributed by atoms with E-state index in [0.29, 0.717) is 0 Å². The van der Waals surface area contributed by atoms with Crippen LogP contribution in [0.15, 0.2) is 491 Å². The molecule has 0 saturated carbocycles. The van der Waals surface area contributed by atoms with E-state index >= 15 is 0 Å². The van der Waals surface area contributed by atoms with Crippen molar-refractivity contribution in [1.29, 1.82) is 0 Å². The fourth-order valence-corrected chi connectivity index (χ4v) is 21.1. The van der Waals surface area contributed by atoms with Gasteiger partial charge < -0.3 is 27.4 Å². The van der Waals surface area contributed by atoms with Crippen molar-refractivity contribution >= 4 is 131 Å². The number of aryl methyl sites for hydroxylation is 3. The summed E-state index contributed by atoms with van der Waals surface area (Å²) in [5.41, 5.74) is 40.1. The van der Waals surface area contributed by atoms with Gasteiger partial charge in [0, 0.05) is 98.8 Å². The molecule has 0 spiro atoms. The van der Waals surface area contributed by atoms with Crippen molar-refractivity contribution < 1.29 is 0 Å². The second-order valence-corrected chi connectivity index (χ2v) is 35.8. The van der Waals surface area contributed by atoms with Crippen molar-refractivity contribution in [2.75, 3.05) is 0 Å². The number of hydrogen-bond acceptors (Lipinski definition) is 0. The van der Waals surface area contributed by atoms with Gasteiger partial charge in [0.15, 0.2) is 0 Å². The number of nitrogens with zero attached hydrogens (tertiary/aromatic N) is 6. The fraction of sp³-hybridized carbons (Fsp3) is 0.0233. The van der Waals surface area contributed by atoms with Crippen molar-refractivity contribution in [2.24, 2.45) is 0 Å². The summed E-state index contributed by atoms with van der Waals surface area (Å²) in [5, 5.41) is 15.2. The normalized spacial score (nSPS) is 11.7. The molecule has 6 nitrogen and oxygen atoms in total. The smallest absolute Gasteiger partial charge is 0.0543 e. The molecule has 0 aliphatic rings. The molecule has 27 rings (SSSR count). The highest BCUT2D eigenvalue weighted by Gasteiger charge is 2.23. The summed E-state index contributed by atoms with van der Waals surface area (Å²) in [6, 6.07) is 179. The molecule has 27 aromatic rings. The molecule has 0 fully saturated rings. The van der Waals surface area contributed by atoms with Crippen LogP contribution in [0.4, 0.5) is 0 Å². The molecule has 21 aromatic carbocycles. The van der Waals surface area contributed by atoms with Gasteiger partial charge in [0.2, 0.25) is 0 Å². The van der Waals surface area contributed by atoms with E-state index in [1.165, 1.54) is 248 Å². The van der Waals surface area contributed by atoms with Gasteiger partial charge >= 0.3 is 0 Å². The molecule has 0 radical (unpaired) electrons. The Hall–Kier alpha value is -17.6. The predicted molar refractivity (Wildman–Crippen MR) is 572 cm³/mol. The molecule has 0 aliphatic carbocycles. The molecule has 0 aliphatic heterocycles. The molecule has 6 heteroatoms. The van der Waals surface area contributed by atoms with Gasteiger partial charge in [-0.3, -0.25) is 0 Å². The molecule has 0 atom stereocenters. The van der Waals surface area contributed by atoms with Crippen LogP contribution in [-0.4, -0.2) is 27.4 Å². The Morgan fingerprint density at radius 3 is 0.630 bits per heavy atom. The summed E-state index contributed by atoms with van der Waals surface area (Å²) >= 11 is 0. The molecule has 0 amide bonds. The monoisotopic (exact) mass is 1720 g/mol. The first-order valence-corrected chi connectivity index (χ1v) is 46.6. The Bertz CT molecular complexity index is 9300. The van der Waals surface area contributed by atoms with Crippen LogP contribution in [0, 0.1) is 20.8 Å². The van der Waals surface area contributed by atoms with E-state index in [1.54, 1.807) is 0 Å². The molecule has 6 aromatic heterocycles. The van der Waals surface area contributed by atoms with E-state index in [1.807, 2.05) is 0 Å². The minimum Gasteiger partial charge on any atom is -0.309 e. The van der Waals surface area contributed by atoms with Crippen molar-refractivity contribution in [2.45, 2.75) is 20.8 Å². The van der Waals surface area contributed by atoms with Crippen LogP contribution in [0.25, 0.3) is 232 Å². The Balaban J connectivity index is 0.000000108. The van der Waals surface area contributed by atoms with Crippen molar-refractivity contribution in [1.82, 2.24) is 27.4 Å². The maximum Gasteiger partial charge on any atom is 0.0543 e. The quantitative estimate of drug-likeness (QED) is 0.117. The van der Waals surface area contributed by atoms with Gasteiger partial charge in [0.1, 0.15) is 0 Å². The van der Waals surface area contributed by atoms with Gasteiger partial charge in [-0.1, -0.05) is 314 Å². The van der Waals surface area contributed by atoms with Gasteiger partial charge in [-0.25, -0.2) is 0 Å². The third-order valence-electron chi connectivity index (χ3n) is 27.5. The lowest BCUT2D eigenvalue weighted by Crippen LogP contribution is -1.94. The van der Waals surface area contributed by atoms with Crippen molar-refractivity contribution in [3.8, 4) is 101 Å². The lowest BCUT2D eigenvalue weighted by Gasteiger charge is -2.11. The summed E-state index contributed by atoms with van der Waals surface area (Å²) < 4.78 is 14.4. The second kappa shape index (κ2) is 33.1. The average Bonchev–Trinajstić information content (AvgIpc) is 1.59. The minimum atomic E-state index is 1.17. The first-order valence-electron chi connectivity index (χ1n) is 46.6. The summed E-state index contributed by atoms with van der Waals surface area (Å²) in [6.07, 6.45) is 0. The molecule has 0 saturated heterocycles. The Morgan fingerprint density at radius 1 is 0.104 bits per heavy atom. The molecule has 0 bridgehead atoms. The second-order valence-electron chi connectivity index (χ2n) is 35.8. The van der Waals surface area contributed by atoms with Crippen molar-refractivity contribution in [3.63, 3.8) is 0 Å². The Kier molecular flexibility index (Phi) is 19.5. The molecule has 636 valence electrons.